The summed E-state index contributed by atoms with van der Waals surface area (Å²) in [6.07, 6.45) is -0.374. The second-order valence-corrected chi connectivity index (χ2v) is 8.90. The van der Waals surface area contributed by atoms with Crippen LogP contribution >= 0.6 is 15.9 Å². The van der Waals surface area contributed by atoms with Crippen LogP contribution in [0.5, 0.6) is 0 Å². The van der Waals surface area contributed by atoms with E-state index >= 15 is 0 Å². The second-order valence-electron chi connectivity index (χ2n) is 7.99. The highest BCUT2D eigenvalue weighted by Gasteiger charge is 2.33. The molecule has 1 aliphatic heterocycles. The molecule has 0 amide bonds. The molecule has 158 valence electrons. The van der Waals surface area contributed by atoms with Gasteiger partial charge in [0.05, 0.1) is 28.9 Å². The molecule has 1 atom stereocenters. The summed E-state index contributed by atoms with van der Waals surface area (Å²) in [5, 5.41) is 0.554. The number of halogens is 1. The van der Waals surface area contributed by atoms with E-state index in [0.717, 1.165) is 32.6 Å². The Balaban J connectivity index is 1.94. The number of nitrogens with zero attached hydrogens (tertiary/aromatic N) is 3. The first-order chi connectivity index (χ1) is 14.9. The zero-order valence-corrected chi connectivity index (χ0v) is 19.1. The second kappa shape index (κ2) is 7.35. The lowest BCUT2D eigenvalue weighted by Crippen LogP contribution is -2.37. The van der Waals surface area contributed by atoms with E-state index in [1.807, 2.05) is 49.4 Å². The molecule has 0 unspecified atom stereocenters. The van der Waals surface area contributed by atoms with Crippen molar-refractivity contribution < 1.29 is 4.74 Å². The first kappa shape index (κ1) is 20.0. The highest BCUT2D eigenvalue weighted by atomic mass is 79.9. The molecule has 4 aromatic rings. The topological polar surface area (TPSA) is 58.2 Å². The maximum atomic E-state index is 13.4. The standard InChI is InChI=1S/C24H22BrN3O3/c1-14-5-4-6-16(13-14)19-18-20(26(2)24(30)27(3)23(18)29)21-22(31-12-11-28(19)21)15-7-9-17(25)10-8-15/h4-10,13,22H,11-12H2,1-3H3/t22-/m0/s1. The Bertz CT molecular complexity index is 1440. The molecule has 5 rings (SSSR count). The first-order valence-corrected chi connectivity index (χ1v) is 10.9. The summed E-state index contributed by atoms with van der Waals surface area (Å²) in [5.74, 6) is 0. The summed E-state index contributed by atoms with van der Waals surface area (Å²) in [7, 11) is 3.25. The fourth-order valence-electron chi connectivity index (χ4n) is 4.56. The number of benzene rings is 2. The van der Waals surface area contributed by atoms with E-state index in [1.165, 1.54) is 11.6 Å². The zero-order chi connectivity index (χ0) is 21.9. The Kier molecular flexibility index (Phi) is 4.75. The molecule has 7 heteroatoms. The lowest BCUT2D eigenvalue weighted by molar-refractivity contribution is 0.0478. The van der Waals surface area contributed by atoms with Crippen molar-refractivity contribution in [1.82, 2.24) is 13.7 Å². The van der Waals surface area contributed by atoms with Gasteiger partial charge < -0.3 is 9.30 Å². The molecule has 0 radical (unpaired) electrons. The van der Waals surface area contributed by atoms with Gasteiger partial charge in [0.15, 0.2) is 0 Å². The first-order valence-electron chi connectivity index (χ1n) is 10.1. The van der Waals surface area contributed by atoms with E-state index in [9.17, 15) is 9.59 Å². The van der Waals surface area contributed by atoms with Crippen LogP contribution in [0, 0.1) is 6.92 Å². The number of aryl methyl sites for hydroxylation is 2. The molecule has 1 aliphatic rings. The van der Waals surface area contributed by atoms with E-state index in [0.29, 0.717) is 24.1 Å². The fourth-order valence-corrected chi connectivity index (χ4v) is 4.83. The van der Waals surface area contributed by atoms with Gasteiger partial charge in [0.25, 0.3) is 5.56 Å². The van der Waals surface area contributed by atoms with Gasteiger partial charge in [0, 0.05) is 25.1 Å². The normalized spacial score (nSPS) is 15.9. The Morgan fingerprint density at radius 3 is 2.48 bits per heavy atom. The summed E-state index contributed by atoms with van der Waals surface area (Å²) in [5.41, 5.74) is 4.74. The van der Waals surface area contributed by atoms with Crippen molar-refractivity contribution in [3.8, 4) is 11.3 Å². The average molecular weight is 480 g/mol. The van der Waals surface area contributed by atoms with Crippen molar-refractivity contribution in [1.29, 1.82) is 0 Å². The summed E-state index contributed by atoms with van der Waals surface area (Å²) < 4.78 is 12.1. The fraction of sp³-hybridized carbons (Fsp3) is 0.250. The molecule has 0 bridgehead atoms. The minimum Gasteiger partial charge on any atom is -0.365 e. The van der Waals surface area contributed by atoms with Crippen LogP contribution < -0.4 is 11.2 Å². The molecule has 3 heterocycles. The Labute approximate surface area is 187 Å². The van der Waals surface area contributed by atoms with Crippen LogP contribution in [0.15, 0.2) is 62.6 Å². The lowest BCUT2D eigenvalue weighted by atomic mass is 10.0. The molecule has 2 aromatic carbocycles. The number of hydrogen-bond acceptors (Lipinski definition) is 3. The van der Waals surface area contributed by atoms with Crippen LogP contribution in [0.2, 0.25) is 0 Å². The summed E-state index contributed by atoms with van der Waals surface area (Å²) in [4.78, 5) is 26.2. The highest BCUT2D eigenvalue weighted by molar-refractivity contribution is 9.10. The molecule has 0 saturated carbocycles. The van der Waals surface area contributed by atoms with Crippen molar-refractivity contribution in [2.75, 3.05) is 6.61 Å². The Morgan fingerprint density at radius 2 is 1.77 bits per heavy atom. The maximum absolute atomic E-state index is 13.4. The van der Waals surface area contributed by atoms with Gasteiger partial charge in [-0.15, -0.1) is 0 Å². The number of ether oxygens (including phenoxy) is 1. The molecule has 0 fully saturated rings. The molecule has 0 saturated heterocycles. The van der Waals surface area contributed by atoms with Crippen LogP contribution in [0.25, 0.3) is 22.2 Å². The van der Waals surface area contributed by atoms with Crippen molar-refractivity contribution in [2.45, 2.75) is 19.6 Å². The van der Waals surface area contributed by atoms with Gasteiger partial charge in [0.2, 0.25) is 0 Å². The van der Waals surface area contributed by atoms with Gasteiger partial charge in [-0.05, 0) is 36.2 Å². The molecular weight excluding hydrogens is 458 g/mol. The Hall–Kier alpha value is -2.90. The van der Waals surface area contributed by atoms with Gasteiger partial charge in [-0.3, -0.25) is 13.9 Å². The molecular formula is C24H22BrN3O3. The smallest absolute Gasteiger partial charge is 0.331 e. The van der Waals surface area contributed by atoms with Crippen molar-refractivity contribution in [2.24, 2.45) is 14.1 Å². The van der Waals surface area contributed by atoms with Crippen molar-refractivity contribution in [3.63, 3.8) is 0 Å². The third-order valence-corrected chi connectivity index (χ3v) is 6.55. The Morgan fingerprint density at radius 1 is 1.03 bits per heavy atom. The molecule has 2 aromatic heterocycles. The molecule has 6 nitrogen and oxygen atoms in total. The quantitative estimate of drug-likeness (QED) is 0.438. The zero-order valence-electron chi connectivity index (χ0n) is 17.6. The highest BCUT2D eigenvalue weighted by Crippen LogP contribution is 2.40. The van der Waals surface area contributed by atoms with Crippen LogP contribution in [0.1, 0.15) is 22.9 Å². The third-order valence-electron chi connectivity index (χ3n) is 6.02. The number of hydrogen-bond donors (Lipinski definition) is 0. The third kappa shape index (κ3) is 3.03. The van der Waals surface area contributed by atoms with Gasteiger partial charge in [-0.1, -0.05) is 51.8 Å². The monoisotopic (exact) mass is 479 g/mol. The van der Waals surface area contributed by atoms with Gasteiger partial charge in [0.1, 0.15) is 6.10 Å². The summed E-state index contributed by atoms with van der Waals surface area (Å²) >= 11 is 3.49. The van der Waals surface area contributed by atoms with Crippen LogP contribution in [-0.4, -0.2) is 20.3 Å². The van der Waals surface area contributed by atoms with Crippen LogP contribution in [0.3, 0.4) is 0 Å². The molecule has 0 spiro atoms. The van der Waals surface area contributed by atoms with Gasteiger partial charge in [-0.2, -0.15) is 0 Å². The van der Waals surface area contributed by atoms with E-state index in [2.05, 4.69) is 26.6 Å². The van der Waals surface area contributed by atoms with Crippen molar-refractivity contribution in [3.05, 3.63) is 90.7 Å². The number of aromatic nitrogens is 3. The predicted molar refractivity (Wildman–Crippen MR) is 125 cm³/mol. The molecule has 0 aliphatic carbocycles. The molecule has 0 N–H and O–H groups in total. The number of rotatable bonds is 2. The summed E-state index contributed by atoms with van der Waals surface area (Å²) in [6, 6.07) is 16.1. The minimum absolute atomic E-state index is 0.286. The van der Waals surface area contributed by atoms with E-state index in [-0.39, 0.29) is 17.4 Å². The largest absolute Gasteiger partial charge is 0.365 e. The van der Waals surface area contributed by atoms with Gasteiger partial charge in [-0.25, -0.2) is 4.79 Å². The molecule has 31 heavy (non-hydrogen) atoms. The van der Waals surface area contributed by atoms with Crippen LogP contribution in [0.4, 0.5) is 0 Å². The average Bonchev–Trinajstić information content (AvgIpc) is 3.12. The number of fused-ring (bicyclic) bond motifs is 3. The van der Waals surface area contributed by atoms with Crippen molar-refractivity contribution >= 4 is 26.8 Å². The lowest BCUT2D eigenvalue weighted by Gasteiger charge is -2.27. The minimum atomic E-state index is -0.374. The van der Waals surface area contributed by atoms with E-state index in [1.54, 1.807) is 11.6 Å². The van der Waals surface area contributed by atoms with Crippen LogP contribution in [-0.2, 0) is 25.4 Å². The summed E-state index contributed by atoms with van der Waals surface area (Å²) in [6.45, 7) is 3.16. The van der Waals surface area contributed by atoms with Gasteiger partial charge >= 0.3 is 5.69 Å². The maximum Gasteiger partial charge on any atom is 0.331 e. The predicted octanol–water partition coefficient (Wildman–Crippen LogP) is 3.90. The SMILES string of the molecule is Cc1cccc(-c2c3c(=O)n(C)c(=O)n(C)c3c3n2CCO[C@H]3c2ccc(Br)cc2)c1. The van der Waals surface area contributed by atoms with E-state index < -0.39 is 0 Å². The van der Waals surface area contributed by atoms with E-state index in [4.69, 9.17) is 4.74 Å².